The molecule has 0 fully saturated rings. The molecule has 5 rings (SSSR count). The zero-order chi connectivity index (χ0) is 25.3. The number of hydrogen-bond donors (Lipinski definition) is 0. The van der Waals surface area contributed by atoms with Crippen molar-refractivity contribution in [1.82, 2.24) is 19.7 Å². The Balaban J connectivity index is 1.56. The van der Waals surface area contributed by atoms with Gasteiger partial charge in [-0.25, -0.2) is 8.78 Å². The van der Waals surface area contributed by atoms with Gasteiger partial charge in [-0.15, -0.1) is 0 Å². The fourth-order valence-electron chi connectivity index (χ4n) is 3.50. The molecule has 4 aromatic rings. The molecule has 30 heavy (non-hydrogen) atoms. The van der Waals surface area contributed by atoms with E-state index < -0.39 is 43.1 Å². The van der Waals surface area contributed by atoms with Gasteiger partial charge in [0.1, 0.15) is 11.6 Å². The number of aryl methyl sites for hydroxylation is 1. The van der Waals surface area contributed by atoms with Gasteiger partial charge < -0.3 is 4.90 Å². The number of aromatic nitrogens is 3. The number of pyridine rings is 1. The smallest absolute Gasteiger partial charge is 0.256 e. The van der Waals surface area contributed by atoms with Gasteiger partial charge in [-0.05, 0) is 47.5 Å². The number of amides is 1. The first-order valence-electron chi connectivity index (χ1n) is 11.3. The van der Waals surface area contributed by atoms with Crippen molar-refractivity contribution in [2.24, 2.45) is 6.98 Å². The molecule has 0 atom stereocenters. The third kappa shape index (κ3) is 3.02. The topological polar surface area (TPSA) is 51.0 Å². The van der Waals surface area contributed by atoms with Crippen LogP contribution in [0.15, 0.2) is 48.8 Å². The lowest BCUT2D eigenvalue weighted by atomic mass is 9.99. The summed E-state index contributed by atoms with van der Waals surface area (Å²) in [5.74, 6) is -2.75. The Morgan fingerprint density at radius 2 is 2.03 bits per heavy atom. The van der Waals surface area contributed by atoms with Crippen molar-refractivity contribution >= 4 is 28.4 Å². The first-order valence-corrected chi connectivity index (χ1v) is 9.21. The summed E-state index contributed by atoms with van der Waals surface area (Å²) in [5.41, 5.74) is -0.0268. The Hall–Kier alpha value is -3.32. The van der Waals surface area contributed by atoms with Crippen molar-refractivity contribution in [3.63, 3.8) is 0 Å². The predicted molar refractivity (Wildman–Crippen MR) is 109 cm³/mol. The molecule has 3 heterocycles. The van der Waals surface area contributed by atoms with Crippen molar-refractivity contribution in [1.29, 1.82) is 0 Å². The molecule has 8 heteroatoms. The van der Waals surface area contributed by atoms with Crippen molar-refractivity contribution in [2.75, 3.05) is 0 Å². The number of carbonyl (C=O) groups is 1. The highest BCUT2D eigenvalue weighted by Crippen LogP contribution is 2.34. The van der Waals surface area contributed by atoms with Gasteiger partial charge >= 0.3 is 0 Å². The van der Waals surface area contributed by atoms with Gasteiger partial charge in [0.05, 0.1) is 32.6 Å². The molecular formula is C22H15ClF2N4O. The summed E-state index contributed by atoms with van der Waals surface area (Å²) in [7, 11) is 0. The molecule has 1 amide bonds. The molecule has 0 bridgehead atoms. The summed E-state index contributed by atoms with van der Waals surface area (Å²) < 4.78 is 70.4. The summed E-state index contributed by atoms with van der Waals surface area (Å²) in [6.07, 6.45) is 2.59. The summed E-state index contributed by atoms with van der Waals surface area (Å²) >= 11 is 6.14. The fourth-order valence-corrected chi connectivity index (χ4v) is 3.71. The highest BCUT2D eigenvalue weighted by atomic mass is 35.5. The van der Waals surface area contributed by atoms with E-state index in [9.17, 15) is 4.79 Å². The fraction of sp³-hybridized carbons (Fsp3) is 0.136. The molecule has 5 nitrogen and oxygen atoms in total. The van der Waals surface area contributed by atoms with Gasteiger partial charge in [0, 0.05) is 39.5 Å². The number of carbonyl (C=O) groups excluding carboxylic acids is 1. The maximum Gasteiger partial charge on any atom is 0.256 e. The van der Waals surface area contributed by atoms with Crippen LogP contribution < -0.4 is 0 Å². The van der Waals surface area contributed by atoms with Crippen LogP contribution in [0.3, 0.4) is 0 Å². The Labute approximate surface area is 182 Å². The molecule has 2 aromatic carbocycles. The molecule has 0 radical (unpaired) electrons. The second-order valence-electron chi connectivity index (χ2n) is 6.78. The number of hydrogen-bond acceptors (Lipinski definition) is 3. The maximum absolute atomic E-state index is 15.2. The Kier molecular flexibility index (Phi) is 3.17. The van der Waals surface area contributed by atoms with E-state index in [0.717, 1.165) is 21.7 Å². The molecule has 0 aliphatic carbocycles. The molecular weight excluding hydrogens is 410 g/mol. The molecule has 0 unspecified atom stereocenters. The first kappa shape index (κ1) is 13.8. The van der Waals surface area contributed by atoms with Gasteiger partial charge in [-0.1, -0.05) is 11.6 Å². The van der Waals surface area contributed by atoms with E-state index in [2.05, 4.69) is 10.1 Å². The first-order chi connectivity index (χ1) is 16.4. The summed E-state index contributed by atoms with van der Waals surface area (Å²) in [5, 5.41) is 4.51. The van der Waals surface area contributed by atoms with Crippen molar-refractivity contribution in [2.45, 2.75) is 13.0 Å². The lowest BCUT2D eigenvalue weighted by Crippen LogP contribution is -2.24. The Bertz CT molecular complexity index is 1500. The second kappa shape index (κ2) is 6.88. The third-order valence-corrected chi connectivity index (χ3v) is 5.10. The van der Waals surface area contributed by atoms with Crippen LogP contribution in [-0.4, -0.2) is 25.6 Å². The van der Waals surface area contributed by atoms with Crippen LogP contribution in [0.5, 0.6) is 0 Å². The average molecular weight is 430 g/mol. The molecule has 150 valence electrons. The van der Waals surface area contributed by atoms with Crippen LogP contribution >= 0.6 is 11.6 Å². The van der Waals surface area contributed by atoms with E-state index in [-0.39, 0.29) is 32.9 Å². The SMILES string of the molecule is [2H]C1([2H])c2ncccc2C(=O)N1Cc1c(F)cc(-c2cc(Cl)cc3nn(C([2H])([2H])[2H])cc23)cc1F. The molecule has 1 aliphatic rings. The van der Waals surface area contributed by atoms with Gasteiger partial charge in [0.2, 0.25) is 0 Å². The molecule has 0 saturated carbocycles. The number of benzene rings is 2. The minimum absolute atomic E-state index is 0.0301. The zero-order valence-electron chi connectivity index (χ0n) is 20.2. The highest BCUT2D eigenvalue weighted by Gasteiger charge is 2.29. The van der Waals surface area contributed by atoms with Gasteiger partial charge in [0.25, 0.3) is 5.91 Å². The average Bonchev–Trinajstić information content (AvgIpc) is 3.29. The number of fused-ring (bicyclic) bond motifs is 2. The summed E-state index contributed by atoms with van der Waals surface area (Å²) in [4.78, 5) is 17.4. The molecule has 0 N–H and O–H groups in total. The van der Waals surface area contributed by atoms with Gasteiger partial charge in [-0.2, -0.15) is 5.10 Å². The van der Waals surface area contributed by atoms with E-state index in [4.69, 9.17) is 18.5 Å². The van der Waals surface area contributed by atoms with Gasteiger partial charge in [-0.3, -0.25) is 14.5 Å². The monoisotopic (exact) mass is 429 g/mol. The van der Waals surface area contributed by atoms with E-state index in [1.54, 1.807) is 0 Å². The maximum atomic E-state index is 15.2. The van der Waals surface area contributed by atoms with Crippen LogP contribution in [0, 0.1) is 11.6 Å². The lowest BCUT2D eigenvalue weighted by Gasteiger charge is -2.17. The number of halogens is 3. The van der Waals surface area contributed by atoms with E-state index in [1.165, 1.54) is 36.7 Å². The molecule has 2 aromatic heterocycles. The minimum Gasteiger partial charge on any atom is -0.328 e. The zero-order valence-corrected chi connectivity index (χ0v) is 15.9. The van der Waals surface area contributed by atoms with Crippen LogP contribution in [0.25, 0.3) is 22.0 Å². The lowest BCUT2D eigenvalue weighted by molar-refractivity contribution is 0.0763. The second-order valence-corrected chi connectivity index (χ2v) is 7.22. The van der Waals surface area contributed by atoms with E-state index >= 15 is 8.78 Å². The van der Waals surface area contributed by atoms with Crippen LogP contribution in [0.2, 0.25) is 5.02 Å². The van der Waals surface area contributed by atoms with Crippen molar-refractivity contribution in [3.05, 3.63) is 82.3 Å². The van der Waals surface area contributed by atoms with Crippen molar-refractivity contribution in [3.8, 4) is 11.1 Å². The number of nitrogens with zero attached hydrogens (tertiary/aromatic N) is 4. The van der Waals surface area contributed by atoms with Crippen LogP contribution in [-0.2, 0) is 20.0 Å². The number of rotatable bonds is 3. The molecule has 0 saturated heterocycles. The van der Waals surface area contributed by atoms with Crippen molar-refractivity contribution < 1.29 is 20.4 Å². The summed E-state index contributed by atoms with van der Waals surface area (Å²) in [6.45, 7) is -5.58. The van der Waals surface area contributed by atoms with Crippen LogP contribution in [0.1, 0.15) is 28.5 Å². The van der Waals surface area contributed by atoms with Gasteiger partial charge in [0.15, 0.2) is 0 Å². The minimum atomic E-state index is -2.56. The third-order valence-electron chi connectivity index (χ3n) is 4.88. The Morgan fingerprint density at radius 1 is 1.23 bits per heavy atom. The predicted octanol–water partition coefficient (Wildman–Crippen LogP) is 4.72. The molecule has 0 spiro atoms. The normalized spacial score (nSPS) is 17.9. The van der Waals surface area contributed by atoms with E-state index in [0.29, 0.717) is 5.39 Å². The standard InChI is InChI=1S/C22H15ClF2N4O/c1-28-9-16-15(7-13(23)8-20(16)27-28)12-5-18(24)17(19(25)6-12)10-29-11-21-14(22(29)30)3-2-4-26-21/h2-9H,10-11H2,1H3/i1D3,11D2. The quantitative estimate of drug-likeness (QED) is 0.473. The highest BCUT2D eigenvalue weighted by molar-refractivity contribution is 6.31. The van der Waals surface area contributed by atoms with Crippen LogP contribution in [0.4, 0.5) is 8.78 Å². The largest absolute Gasteiger partial charge is 0.328 e. The molecule has 1 aliphatic heterocycles. The van der Waals surface area contributed by atoms with E-state index in [1.807, 2.05) is 0 Å². The summed E-state index contributed by atoms with van der Waals surface area (Å²) in [6, 6.07) is 7.81. The Morgan fingerprint density at radius 3 is 2.77 bits per heavy atom.